The van der Waals surface area contributed by atoms with E-state index in [0.717, 1.165) is 6.42 Å². The number of ether oxygens (including phenoxy) is 1. The normalized spacial score (nSPS) is 11.9. The van der Waals surface area contributed by atoms with Crippen molar-refractivity contribution in [1.82, 2.24) is 4.57 Å². The van der Waals surface area contributed by atoms with E-state index in [1.807, 2.05) is 6.92 Å². The molecule has 0 bridgehead atoms. The highest BCUT2D eigenvalue weighted by molar-refractivity contribution is 7.89. The maximum atomic E-state index is 12.6. The predicted octanol–water partition coefficient (Wildman–Crippen LogP) is 2.05. The fourth-order valence-corrected chi connectivity index (χ4v) is 2.87. The first-order valence-electron chi connectivity index (χ1n) is 6.32. The first-order chi connectivity index (χ1) is 9.49. The Kier molecular flexibility index (Phi) is 4.29. The summed E-state index contributed by atoms with van der Waals surface area (Å²) in [6.45, 7) is 1.91. The molecule has 0 aliphatic carbocycles. The summed E-state index contributed by atoms with van der Waals surface area (Å²) in [4.78, 5) is -0.0346. The molecule has 0 radical (unpaired) electrons. The van der Waals surface area contributed by atoms with E-state index in [0.29, 0.717) is 23.3 Å². The molecule has 7 heteroatoms. The number of alkyl halides is 1. The van der Waals surface area contributed by atoms with E-state index in [4.69, 9.17) is 9.88 Å². The zero-order valence-electron chi connectivity index (χ0n) is 11.2. The van der Waals surface area contributed by atoms with Crippen LogP contribution in [0.15, 0.2) is 29.3 Å². The number of sulfonamides is 1. The van der Waals surface area contributed by atoms with Gasteiger partial charge in [0.25, 0.3) is 0 Å². The fraction of sp³-hybridized carbons (Fsp3) is 0.385. The van der Waals surface area contributed by atoms with E-state index < -0.39 is 16.7 Å². The monoisotopic (exact) mass is 300 g/mol. The van der Waals surface area contributed by atoms with Crippen molar-refractivity contribution in [3.63, 3.8) is 0 Å². The Hall–Kier alpha value is -1.60. The number of hydrogen-bond donors (Lipinski definition) is 1. The van der Waals surface area contributed by atoms with Gasteiger partial charge in [-0.1, -0.05) is 13.0 Å². The third kappa shape index (κ3) is 2.78. The number of rotatable bonds is 6. The zero-order valence-corrected chi connectivity index (χ0v) is 12.0. The molecule has 1 heterocycles. The summed E-state index contributed by atoms with van der Waals surface area (Å²) in [5.41, 5.74) is 0.597. The molecule has 0 aliphatic rings. The molecular formula is C13H17FN2O3S. The van der Waals surface area contributed by atoms with Gasteiger partial charge in [-0.3, -0.25) is 0 Å². The van der Waals surface area contributed by atoms with Crippen LogP contribution in [0.1, 0.15) is 13.3 Å². The van der Waals surface area contributed by atoms with Crippen molar-refractivity contribution in [2.45, 2.75) is 24.8 Å². The molecular weight excluding hydrogens is 283 g/mol. The van der Waals surface area contributed by atoms with E-state index in [1.54, 1.807) is 18.2 Å². The second kappa shape index (κ2) is 5.80. The minimum absolute atomic E-state index is 0.0346. The summed E-state index contributed by atoms with van der Waals surface area (Å²) >= 11 is 0. The van der Waals surface area contributed by atoms with Crippen molar-refractivity contribution in [1.29, 1.82) is 0 Å². The van der Waals surface area contributed by atoms with Crippen molar-refractivity contribution in [2.75, 3.05) is 13.3 Å². The van der Waals surface area contributed by atoms with Gasteiger partial charge < -0.3 is 9.30 Å². The van der Waals surface area contributed by atoms with Gasteiger partial charge in [0, 0.05) is 6.20 Å². The minimum atomic E-state index is -3.90. The second-order valence-electron chi connectivity index (χ2n) is 4.42. The van der Waals surface area contributed by atoms with Gasteiger partial charge >= 0.3 is 0 Å². The number of primary sulfonamides is 1. The zero-order chi connectivity index (χ0) is 14.8. The van der Waals surface area contributed by atoms with Crippen LogP contribution < -0.4 is 9.88 Å². The van der Waals surface area contributed by atoms with E-state index >= 15 is 0 Å². The lowest BCUT2D eigenvalue weighted by Gasteiger charge is -2.08. The molecule has 2 rings (SSSR count). The van der Waals surface area contributed by atoms with E-state index in [-0.39, 0.29) is 11.4 Å². The summed E-state index contributed by atoms with van der Waals surface area (Å²) < 4.78 is 43.1. The Morgan fingerprint density at radius 2 is 2.15 bits per heavy atom. The maximum Gasteiger partial charge on any atom is 0.240 e. The predicted molar refractivity (Wildman–Crippen MR) is 75.1 cm³/mol. The van der Waals surface area contributed by atoms with Crippen molar-refractivity contribution < 1.29 is 17.5 Å². The lowest BCUT2D eigenvalue weighted by Crippen LogP contribution is -2.12. The maximum absolute atomic E-state index is 12.6. The molecule has 0 saturated heterocycles. The molecule has 0 saturated carbocycles. The molecule has 5 nitrogen and oxygen atoms in total. The quantitative estimate of drug-likeness (QED) is 0.887. The van der Waals surface area contributed by atoms with Crippen LogP contribution in [0.5, 0.6) is 5.75 Å². The van der Waals surface area contributed by atoms with Crippen LogP contribution in [-0.2, 0) is 16.6 Å². The first-order valence-corrected chi connectivity index (χ1v) is 7.87. The summed E-state index contributed by atoms with van der Waals surface area (Å²) in [5, 5.41) is 5.65. The van der Waals surface area contributed by atoms with Crippen LogP contribution in [0.2, 0.25) is 0 Å². The molecule has 2 N–H and O–H groups in total. The van der Waals surface area contributed by atoms with Crippen molar-refractivity contribution >= 4 is 20.9 Å². The molecule has 0 spiro atoms. The molecule has 0 fully saturated rings. The van der Waals surface area contributed by atoms with Crippen LogP contribution in [0.4, 0.5) is 4.39 Å². The van der Waals surface area contributed by atoms with E-state index in [9.17, 15) is 12.8 Å². The highest BCUT2D eigenvalue weighted by atomic mass is 32.2. The van der Waals surface area contributed by atoms with Crippen molar-refractivity contribution in [3.05, 3.63) is 24.4 Å². The molecule has 1 aromatic carbocycles. The van der Waals surface area contributed by atoms with Gasteiger partial charge in [-0.25, -0.2) is 17.9 Å². The van der Waals surface area contributed by atoms with Crippen LogP contribution in [-0.4, -0.2) is 26.3 Å². The van der Waals surface area contributed by atoms with Crippen molar-refractivity contribution in [3.8, 4) is 5.75 Å². The molecule has 0 amide bonds. The van der Waals surface area contributed by atoms with Gasteiger partial charge in [-0.2, -0.15) is 0 Å². The third-order valence-electron chi connectivity index (χ3n) is 2.93. The first kappa shape index (κ1) is 14.8. The standard InChI is InChI=1S/C13H17FN2O3S/c1-2-8-19-11-5-3-4-10-13(11)12(20(15,17)18)9-16(10)7-6-14/h3-5,9H,2,6-8H2,1H3,(H2,15,17,18). The van der Waals surface area contributed by atoms with Gasteiger partial charge in [0.05, 0.1) is 24.1 Å². The summed E-state index contributed by atoms with van der Waals surface area (Å²) in [6.07, 6.45) is 2.16. The van der Waals surface area contributed by atoms with Gasteiger partial charge in [-0.15, -0.1) is 0 Å². The van der Waals surface area contributed by atoms with Gasteiger partial charge in [0.15, 0.2) is 0 Å². The number of benzene rings is 1. The van der Waals surface area contributed by atoms with Crippen LogP contribution in [0, 0.1) is 0 Å². The number of nitrogens with zero attached hydrogens (tertiary/aromatic N) is 1. The number of halogens is 1. The number of aryl methyl sites for hydroxylation is 1. The molecule has 20 heavy (non-hydrogen) atoms. The summed E-state index contributed by atoms with van der Waals surface area (Å²) in [6, 6.07) is 5.15. The van der Waals surface area contributed by atoms with Gasteiger partial charge in [-0.05, 0) is 18.6 Å². The highest BCUT2D eigenvalue weighted by Crippen LogP contribution is 2.33. The molecule has 0 unspecified atom stereocenters. The van der Waals surface area contributed by atoms with E-state index in [2.05, 4.69) is 0 Å². The Morgan fingerprint density at radius 3 is 2.75 bits per heavy atom. The van der Waals surface area contributed by atoms with E-state index in [1.165, 1.54) is 10.8 Å². The number of hydrogen-bond acceptors (Lipinski definition) is 3. The smallest absolute Gasteiger partial charge is 0.240 e. The van der Waals surface area contributed by atoms with Gasteiger partial charge in [0.2, 0.25) is 10.0 Å². The Balaban J connectivity index is 2.70. The average molecular weight is 300 g/mol. The SMILES string of the molecule is CCCOc1cccc2c1c(S(N)(=O)=O)cn2CCF. The Bertz CT molecular complexity index is 710. The number of aromatic nitrogens is 1. The van der Waals surface area contributed by atoms with Crippen LogP contribution in [0.25, 0.3) is 10.9 Å². The molecule has 1 aromatic heterocycles. The lowest BCUT2D eigenvalue weighted by atomic mass is 10.2. The molecule has 2 aromatic rings. The number of fused-ring (bicyclic) bond motifs is 1. The topological polar surface area (TPSA) is 74.3 Å². The molecule has 110 valence electrons. The Morgan fingerprint density at radius 1 is 1.40 bits per heavy atom. The highest BCUT2D eigenvalue weighted by Gasteiger charge is 2.20. The average Bonchev–Trinajstić information content (AvgIpc) is 2.76. The van der Waals surface area contributed by atoms with Crippen molar-refractivity contribution in [2.24, 2.45) is 5.14 Å². The van der Waals surface area contributed by atoms with Crippen LogP contribution >= 0.6 is 0 Å². The second-order valence-corrected chi connectivity index (χ2v) is 5.95. The lowest BCUT2D eigenvalue weighted by molar-refractivity contribution is 0.321. The number of nitrogens with two attached hydrogens (primary N) is 1. The van der Waals surface area contributed by atoms with Gasteiger partial charge in [0.1, 0.15) is 17.3 Å². The minimum Gasteiger partial charge on any atom is -0.493 e. The third-order valence-corrected chi connectivity index (χ3v) is 3.85. The van der Waals surface area contributed by atoms with Crippen LogP contribution in [0.3, 0.4) is 0 Å². The summed E-state index contributed by atoms with van der Waals surface area (Å²) in [5.74, 6) is 0.450. The summed E-state index contributed by atoms with van der Waals surface area (Å²) in [7, 11) is -3.90. The molecule has 0 atom stereocenters. The largest absolute Gasteiger partial charge is 0.493 e. The Labute approximate surface area is 117 Å². The fourth-order valence-electron chi connectivity index (χ4n) is 2.11. The molecule has 0 aliphatic heterocycles.